The zero-order valence-electron chi connectivity index (χ0n) is 7.84. The van der Waals surface area contributed by atoms with Gasteiger partial charge in [-0.05, 0) is 20.9 Å². The third-order valence-electron chi connectivity index (χ3n) is 1.85. The quantitative estimate of drug-likeness (QED) is 0.738. The van der Waals surface area contributed by atoms with Gasteiger partial charge in [0.1, 0.15) is 6.20 Å². The Kier molecular flexibility index (Phi) is 2.38. The predicted octanol–water partition coefficient (Wildman–Crippen LogP) is 1.14. The molecule has 0 amide bonds. The van der Waals surface area contributed by atoms with Gasteiger partial charge >= 0.3 is 5.95 Å². The summed E-state index contributed by atoms with van der Waals surface area (Å²) in [5.74, 6) is 1.06. The van der Waals surface area contributed by atoms with E-state index in [0.717, 1.165) is 0 Å². The molecule has 12 heavy (non-hydrogen) atoms. The van der Waals surface area contributed by atoms with Crippen molar-refractivity contribution < 1.29 is 9.15 Å². The van der Waals surface area contributed by atoms with E-state index in [4.69, 9.17) is 9.15 Å². The molecule has 0 unspecified atom stereocenters. The number of ether oxygens (including phenoxy) is 1. The van der Waals surface area contributed by atoms with E-state index in [1.165, 1.54) is 0 Å². The van der Waals surface area contributed by atoms with Crippen LogP contribution in [0.3, 0.4) is 0 Å². The maximum absolute atomic E-state index is 5.29. The van der Waals surface area contributed by atoms with Crippen molar-refractivity contribution in [2.24, 2.45) is 0 Å². The third-order valence-corrected chi connectivity index (χ3v) is 1.85. The smallest absolute Gasteiger partial charge is 0.304 e. The monoisotopic (exact) mass is 170 g/mol. The van der Waals surface area contributed by atoms with Crippen molar-refractivity contribution in [3.63, 3.8) is 0 Å². The summed E-state index contributed by atoms with van der Waals surface area (Å²) in [5, 5.41) is 3.08. The highest BCUT2D eigenvalue weighted by atomic mass is 16.6. The number of oxazole rings is 1. The molecule has 1 heterocycles. The van der Waals surface area contributed by atoms with Crippen molar-refractivity contribution in [1.82, 2.24) is 10.3 Å². The highest BCUT2D eigenvalue weighted by Crippen LogP contribution is 2.22. The molecule has 0 saturated heterocycles. The number of aromatic nitrogens is 1. The second kappa shape index (κ2) is 3.15. The predicted molar refractivity (Wildman–Crippen MR) is 45.1 cm³/mol. The molecule has 0 saturated carbocycles. The van der Waals surface area contributed by atoms with Crippen molar-refractivity contribution in [2.45, 2.75) is 19.4 Å². The van der Waals surface area contributed by atoms with Crippen molar-refractivity contribution in [2.75, 3.05) is 14.2 Å². The van der Waals surface area contributed by atoms with Gasteiger partial charge in [0.2, 0.25) is 5.89 Å². The fraction of sp³-hybridized carbons (Fsp3) is 0.625. The minimum atomic E-state index is -0.253. The van der Waals surface area contributed by atoms with Crippen molar-refractivity contribution in [3.8, 4) is 5.95 Å². The lowest BCUT2D eigenvalue weighted by molar-refractivity contribution is 0.256. The highest BCUT2D eigenvalue weighted by molar-refractivity contribution is 5.05. The van der Waals surface area contributed by atoms with Crippen LogP contribution in [-0.2, 0) is 5.54 Å². The maximum Gasteiger partial charge on any atom is 0.304 e. The van der Waals surface area contributed by atoms with E-state index in [1.54, 1.807) is 13.3 Å². The number of nitrogens with one attached hydrogen (secondary N) is 1. The molecule has 4 heteroatoms. The zero-order valence-corrected chi connectivity index (χ0v) is 7.84. The molecule has 1 N–H and O–H groups in total. The molecule has 1 aromatic rings. The first-order valence-corrected chi connectivity index (χ1v) is 3.79. The van der Waals surface area contributed by atoms with E-state index in [1.807, 2.05) is 20.9 Å². The fourth-order valence-corrected chi connectivity index (χ4v) is 0.750. The Balaban J connectivity index is 2.88. The molecule has 0 aliphatic heterocycles. The van der Waals surface area contributed by atoms with Crippen LogP contribution in [0.4, 0.5) is 0 Å². The molecule has 0 radical (unpaired) electrons. The molecule has 1 aromatic heterocycles. The molecule has 0 aliphatic carbocycles. The lowest BCUT2D eigenvalue weighted by Crippen LogP contribution is -2.33. The fourth-order valence-electron chi connectivity index (χ4n) is 0.750. The van der Waals surface area contributed by atoms with Gasteiger partial charge in [0.25, 0.3) is 0 Å². The summed E-state index contributed by atoms with van der Waals surface area (Å²) in [4.78, 5) is 4.08. The lowest BCUT2D eigenvalue weighted by atomic mass is 10.1. The highest BCUT2D eigenvalue weighted by Gasteiger charge is 2.23. The van der Waals surface area contributed by atoms with Gasteiger partial charge in [-0.2, -0.15) is 0 Å². The molecule has 0 fully saturated rings. The van der Waals surface area contributed by atoms with Gasteiger partial charge in [0, 0.05) is 0 Å². The molecule has 1 rings (SSSR count). The van der Waals surface area contributed by atoms with Crippen LogP contribution in [0.2, 0.25) is 0 Å². The van der Waals surface area contributed by atoms with Gasteiger partial charge in [-0.15, -0.1) is 0 Å². The number of hydrogen-bond acceptors (Lipinski definition) is 4. The average molecular weight is 170 g/mol. The molecule has 68 valence electrons. The summed E-state index contributed by atoms with van der Waals surface area (Å²) in [6.45, 7) is 3.97. The van der Waals surface area contributed by atoms with Gasteiger partial charge in [0.15, 0.2) is 0 Å². The summed E-state index contributed by atoms with van der Waals surface area (Å²) in [7, 11) is 3.41. The van der Waals surface area contributed by atoms with Crippen LogP contribution in [0.5, 0.6) is 5.95 Å². The van der Waals surface area contributed by atoms with Crippen molar-refractivity contribution >= 4 is 0 Å². The van der Waals surface area contributed by atoms with Crippen LogP contribution >= 0.6 is 0 Å². The molecule has 0 bridgehead atoms. The lowest BCUT2D eigenvalue weighted by Gasteiger charge is -2.18. The Morgan fingerprint density at radius 3 is 2.67 bits per heavy atom. The van der Waals surface area contributed by atoms with E-state index in [-0.39, 0.29) is 5.54 Å². The standard InChI is InChI=1S/C8H14N2O2/c1-8(2,9-3)7-10-5-6(11-4)12-7/h5,9H,1-4H3. The second-order valence-corrected chi connectivity index (χ2v) is 3.06. The Bertz CT molecular complexity index is 255. The normalized spacial score (nSPS) is 11.7. The Morgan fingerprint density at radius 2 is 2.25 bits per heavy atom. The van der Waals surface area contributed by atoms with Gasteiger partial charge in [0.05, 0.1) is 12.6 Å². The molecular weight excluding hydrogens is 156 g/mol. The summed E-state index contributed by atoms with van der Waals surface area (Å²) >= 11 is 0. The van der Waals surface area contributed by atoms with E-state index < -0.39 is 0 Å². The van der Waals surface area contributed by atoms with E-state index in [0.29, 0.717) is 11.8 Å². The van der Waals surface area contributed by atoms with Crippen LogP contribution < -0.4 is 10.1 Å². The Hall–Kier alpha value is -1.03. The molecule has 0 aromatic carbocycles. The number of nitrogens with zero attached hydrogens (tertiary/aromatic N) is 1. The van der Waals surface area contributed by atoms with Crippen LogP contribution in [0.1, 0.15) is 19.7 Å². The summed E-state index contributed by atoms with van der Waals surface area (Å²) in [6.07, 6.45) is 1.56. The molecule has 0 atom stereocenters. The largest absolute Gasteiger partial charge is 0.467 e. The van der Waals surface area contributed by atoms with Crippen LogP contribution in [0.25, 0.3) is 0 Å². The molecule has 0 aliphatic rings. The van der Waals surface area contributed by atoms with E-state index in [9.17, 15) is 0 Å². The first-order valence-electron chi connectivity index (χ1n) is 3.79. The third kappa shape index (κ3) is 1.58. The zero-order chi connectivity index (χ0) is 9.19. The molecule has 0 spiro atoms. The Labute approximate surface area is 71.9 Å². The van der Waals surface area contributed by atoms with Crippen molar-refractivity contribution in [3.05, 3.63) is 12.1 Å². The average Bonchev–Trinajstić information content (AvgIpc) is 2.52. The first-order chi connectivity index (χ1) is 5.60. The summed E-state index contributed by atoms with van der Waals surface area (Å²) in [6, 6.07) is 0. The molecule has 4 nitrogen and oxygen atoms in total. The minimum Gasteiger partial charge on any atom is -0.467 e. The number of methoxy groups -OCH3 is 1. The van der Waals surface area contributed by atoms with Gasteiger partial charge in [-0.1, -0.05) is 0 Å². The molecular formula is C8H14N2O2. The summed E-state index contributed by atoms with van der Waals surface area (Å²) < 4.78 is 10.2. The first kappa shape index (κ1) is 9.06. The topological polar surface area (TPSA) is 47.3 Å². The van der Waals surface area contributed by atoms with Crippen molar-refractivity contribution in [1.29, 1.82) is 0 Å². The SMILES string of the molecule is CNC(C)(C)c1ncc(OC)o1. The number of hydrogen-bond donors (Lipinski definition) is 1. The van der Waals surface area contributed by atoms with Crippen LogP contribution in [0.15, 0.2) is 10.6 Å². The Morgan fingerprint density at radius 1 is 1.58 bits per heavy atom. The van der Waals surface area contributed by atoms with E-state index >= 15 is 0 Å². The van der Waals surface area contributed by atoms with Gasteiger partial charge < -0.3 is 14.5 Å². The van der Waals surface area contributed by atoms with Gasteiger partial charge in [-0.3, -0.25) is 0 Å². The summed E-state index contributed by atoms with van der Waals surface area (Å²) in [5.41, 5.74) is -0.253. The second-order valence-electron chi connectivity index (χ2n) is 3.06. The number of rotatable bonds is 3. The van der Waals surface area contributed by atoms with E-state index in [2.05, 4.69) is 10.3 Å². The van der Waals surface area contributed by atoms with Gasteiger partial charge in [-0.25, -0.2) is 4.98 Å². The minimum absolute atomic E-state index is 0.253. The van der Waals surface area contributed by atoms with Crippen LogP contribution in [0, 0.1) is 0 Å². The van der Waals surface area contributed by atoms with Crippen LogP contribution in [-0.4, -0.2) is 19.1 Å². The maximum atomic E-state index is 5.29.